The molecule has 0 aromatic carbocycles. The highest BCUT2D eigenvalue weighted by Crippen LogP contribution is 1.80. The van der Waals surface area contributed by atoms with Gasteiger partial charge in [-0.25, -0.2) is 0 Å². The van der Waals surface area contributed by atoms with Gasteiger partial charge in [0.2, 0.25) is 0 Å². The molecule has 0 amide bonds. The Morgan fingerprint density at radius 3 is 2.00 bits per heavy atom. The molecule has 1 N–H and O–H groups in total. The average molecular weight is 160 g/mol. The Morgan fingerprint density at radius 1 is 1.62 bits per heavy atom. The van der Waals surface area contributed by atoms with Crippen LogP contribution in [0.4, 0.5) is 0 Å². The van der Waals surface area contributed by atoms with Crippen molar-refractivity contribution in [1.29, 1.82) is 0 Å². The van der Waals surface area contributed by atoms with E-state index >= 15 is 0 Å². The van der Waals surface area contributed by atoms with Crippen LogP contribution < -0.4 is 0 Å². The van der Waals surface area contributed by atoms with Crippen LogP contribution in [-0.4, -0.2) is 13.0 Å². The summed E-state index contributed by atoms with van der Waals surface area (Å²) in [6, 6.07) is 0. The zero-order valence-electron chi connectivity index (χ0n) is 3.42. The minimum absolute atomic E-state index is 0. The van der Waals surface area contributed by atoms with Crippen LogP contribution in [0.5, 0.6) is 0 Å². The molecule has 0 fully saturated rings. The lowest BCUT2D eigenvalue weighted by Crippen LogP contribution is -1.86. The van der Waals surface area contributed by atoms with Crippen molar-refractivity contribution in [2.24, 2.45) is 4.52 Å². The molecule has 0 atom stereocenters. The first-order valence-electron chi connectivity index (χ1n) is 1.10. The summed E-state index contributed by atoms with van der Waals surface area (Å²) in [7, 11) is -4.47. The van der Waals surface area contributed by atoms with E-state index in [2.05, 4.69) is 0 Å². The second kappa shape index (κ2) is 3.50. The molecule has 6 nitrogen and oxygen atoms in total. The lowest BCUT2D eigenvalue weighted by atomic mass is 13.0. The van der Waals surface area contributed by atoms with Crippen LogP contribution in [0, 0.1) is 0 Å². The van der Waals surface area contributed by atoms with Crippen molar-refractivity contribution < 1.29 is 13.0 Å². The fourth-order valence-corrected chi connectivity index (χ4v) is 0.138. The fourth-order valence-electron chi connectivity index (χ4n) is 0.0461. The monoisotopic (exact) mass is 159 g/mol. The highest BCUT2D eigenvalue weighted by molar-refractivity contribution is 7.84. The van der Waals surface area contributed by atoms with E-state index in [1.165, 1.54) is 0 Å². The largest absolute Gasteiger partial charge is 0.356 e. The molecule has 0 bridgehead atoms. The van der Waals surface area contributed by atoms with Crippen LogP contribution in [-0.2, 0) is 10.3 Å². The molecule has 0 aliphatic heterocycles. The third-order valence-electron chi connectivity index (χ3n) is 0.140. The van der Waals surface area contributed by atoms with Gasteiger partial charge in [0.25, 0.3) is 0 Å². The van der Waals surface area contributed by atoms with Gasteiger partial charge in [-0.05, 0) is 5.53 Å². The maximum Gasteiger partial charge on any atom is 0.356 e. The molecule has 0 spiro atoms. The summed E-state index contributed by atoms with van der Waals surface area (Å²) in [6.07, 6.45) is 0. The Bertz CT molecular complexity index is 187. The van der Waals surface area contributed by atoms with E-state index in [1.807, 2.05) is 4.52 Å². The molecule has 0 unspecified atom stereocenters. The predicted molar refractivity (Wildman–Crippen MR) is 27.9 cm³/mol. The first-order chi connectivity index (χ1) is 3.06. The van der Waals surface area contributed by atoms with Gasteiger partial charge < -0.3 is 0 Å². The summed E-state index contributed by atoms with van der Waals surface area (Å²) < 4.78 is 28.3. The normalized spacial score (nSPS) is 8.62. The van der Waals surface area contributed by atoms with Gasteiger partial charge in [-0.3, -0.25) is 4.55 Å². The first-order valence-corrected chi connectivity index (χ1v) is 2.50. The van der Waals surface area contributed by atoms with Gasteiger partial charge in [0, 0.05) is 4.91 Å². The molecule has 0 aliphatic rings. The predicted octanol–water partition coefficient (Wildman–Crippen LogP) is 0.521. The Labute approximate surface area is 51.4 Å². The highest BCUT2D eigenvalue weighted by atomic mass is 35.5. The maximum atomic E-state index is 9.37. The van der Waals surface area contributed by atoms with E-state index in [0.29, 0.717) is 0 Å². The van der Waals surface area contributed by atoms with E-state index in [0.717, 1.165) is 0 Å². The van der Waals surface area contributed by atoms with Gasteiger partial charge >= 0.3 is 10.3 Å². The third kappa shape index (κ3) is 9.10. The highest BCUT2D eigenvalue weighted by Gasteiger charge is 1.92. The number of rotatable bonds is 1. The van der Waals surface area contributed by atoms with E-state index in [-0.39, 0.29) is 12.4 Å². The first kappa shape index (κ1) is 10.5. The second-order valence-corrected chi connectivity index (χ2v) is 1.68. The van der Waals surface area contributed by atoms with Gasteiger partial charge in [-0.2, -0.15) is 8.42 Å². The summed E-state index contributed by atoms with van der Waals surface area (Å²) in [6.45, 7) is 0. The van der Waals surface area contributed by atoms with Crippen molar-refractivity contribution in [1.82, 2.24) is 0 Å². The van der Waals surface area contributed by atoms with Crippen LogP contribution in [0.2, 0.25) is 0 Å². The topological polar surface area (TPSA) is 103 Å². The number of nitrogens with zero attached hydrogens (tertiary/aromatic N) is 3. The lowest BCUT2D eigenvalue weighted by Gasteiger charge is -1.71. The summed E-state index contributed by atoms with van der Waals surface area (Å²) in [5, 5.41) is 0. The molecule has 0 radical (unpaired) electrons. The van der Waals surface area contributed by atoms with Gasteiger partial charge in [0.1, 0.15) is 0 Å². The molecule has 0 heterocycles. The molecule has 48 valence electrons. The van der Waals surface area contributed by atoms with Crippen LogP contribution in [0.25, 0.3) is 10.4 Å². The zero-order valence-corrected chi connectivity index (χ0v) is 5.05. The minimum Gasteiger partial charge on any atom is -0.279 e. The smallest absolute Gasteiger partial charge is 0.279 e. The van der Waals surface area contributed by atoms with Crippen molar-refractivity contribution >= 4 is 22.7 Å². The van der Waals surface area contributed by atoms with E-state index in [9.17, 15) is 8.42 Å². The molecule has 0 rings (SSSR count). The number of azide groups is 1. The summed E-state index contributed by atoms with van der Waals surface area (Å²) in [5.74, 6) is 0. The van der Waals surface area contributed by atoms with Crippen LogP contribution >= 0.6 is 12.4 Å². The zero-order chi connectivity index (χ0) is 5.91. The standard InChI is InChI=1S/ClH.HN3O3S/c;1-2-3-7(4,5)6/h1H;(H,4,5,6). The molecular formula is H2ClN3O3S. The van der Waals surface area contributed by atoms with Gasteiger partial charge in [-0.15, -0.1) is 12.4 Å². The van der Waals surface area contributed by atoms with E-state index < -0.39 is 10.3 Å². The lowest BCUT2D eigenvalue weighted by molar-refractivity contribution is 0.484. The van der Waals surface area contributed by atoms with Crippen molar-refractivity contribution in [3.05, 3.63) is 10.4 Å². The molecular weight excluding hydrogens is 158 g/mol. The quantitative estimate of drug-likeness (QED) is 0.261. The number of hydrogen-bond acceptors (Lipinski definition) is 2. The molecule has 0 saturated carbocycles. The van der Waals surface area contributed by atoms with Crippen molar-refractivity contribution in [2.75, 3.05) is 0 Å². The average Bonchev–Trinajstić information content (AvgIpc) is 1.30. The SMILES string of the molecule is Cl.[N-]=[N+]=NS(=O)(=O)O. The molecule has 8 heteroatoms. The van der Waals surface area contributed by atoms with Crippen molar-refractivity contribution in [2.45, 2.75) is 0 Å². The van der Waals surface area contributed by atoms with Gasteiger partial charge in [-0.1, -0.05) is 0 Å². The second-order valence-electron chi connectivity index (χ2n) is 0.619. The van der Waals surface area contributed by atoms with Crippen LogP contribution in [0.15, 0.2) is 4.52 Å². The molecule has 0 aliphatic carbocycles. The van der Waals surface area contributed by atoms with Crippen LogP contribution in [0.3, 0.4) is 0 Å². The molecule has 0 aromatic rings. The summed E-state index contributed by atoms with van der Waals surface area (Å²) in [5.41, 5.74) is 7.32. The third-order valence-corrected chi connectivity index (χ3v) is 0.419. The van der Waals surface area contributed by atoms with E-state index in [1.54, 1.807) is 4.91 Å². The Kier molecular flexibility index (Phi) is 4.59. The Hall–Kier alpha value is -0.490. The van der Waals surface area contributed by atoms with Gasteiger partial charge in [0.05, 0.1) is 4.52 Å². The van der Waals surface area contributed by atoms with Crippen molar-refractivity contribution in [3.63, 3.8) is 0 Å². The molecule has 0 aromatic heterocycles. The van der Waals surface area contributed by atoms with Crippen LogP contribution in [0.1, 0.15) is 0 Å². The fraction of sp³-hybridized carbons (Fsp3) is 0. The van der Waals surface area contributed by atoms with Gasteiger partial charge in [0.15, 0.2) is 0 Å². The Balaban J connectivity index is 0. The Morgan fingerprint density at radius 2 is 2.00 bits per heavy atom. The number of halogens is 1. The summed E-state index contributed by atoms with van der Waals surface area (Å²) >= 11 is 0. The maximum absolute atomic E-state index is 9.37. The molecule has 8 heavy (non-hydrogen) atoms. The minimum atomic E-state index is -4.47. The van der Waals surface area contributed by atoms with E-state index in [4.69, 9.17) is 10.1 Å². The molecule has 0 saturated heterocycles. The number of hydrogen-bond donors (Lipinski definition) is 1. The van der Waals surface area contributed by atoms with Crippen molar-refractivity contribution in [3.8, 4) is 0 Å². The summed E-state index contributed by atoms with van der Waals surface area (Å²) in [4.78, 5) is 1.79.